The molecule has 0 bridgehead atoms. The van der Waals surface area contributed by atoms with Gasteiger partial charge in [-0.2, -0.15) is 13.2 Å². The summed E-state index contributed by atoms with van der Waals surface area (Å²) < 4.78 is 43.0. The van der Waals surface area contributed by atoms with Crippen molar-refractivity contribution in [3.63, 3.8) is 0 Å². The molecule has 0 aliphatic heterocycles. The Morgan fingerprint density at radius 3 is 2.77 bits per heavy atom. The van der Waals surface area contributed by atoms with E-state index in [1.165, 1.54) is 12.8 Å². The van der Waals surface area contributed by atoms with E-state index in [2.05, 4.69) is 20.6 Å². The average Bonchev–Trinajstić information content (AvgIpc) is 3.23. The predicted octanol–water partition coefficient (Wildman–Crippen LogP) is 2.62. The van der Waals surface area contributed by atoms with Gasteiger partial charge in [0.05, 0.1) is 19.3 Å². The number of aliphatic imine (C=N–C) groups is 1. The molecule has 26 heavy (non-hydrogen) atoms. The second kappa shape index (κ2) is 11.2. The van der Waals surface area contributed by atoms with Crippen LogP contribution in [0.4, 0.5) is 13.2 Å². The number of nitrogens with zero attached hydrogens (tertiary/aromatic N) is 2. The lowest BCUT2D eigenvalue weighted by molar-refractivity contribution is -0.140. The Kier molecular flexibility index (Phi) is 10.1. The normalized spacial score (nSPS) is 16.1. The molecule has 150 valence electrons. The second-order valence-corrected chi connectivity index (χ2v) is 6.78. The van der Waals surface area contributed by atoms with Crippen molar-refractivity contribution in [3.8, 4) is 0 Å². The van der Waals surface area contributed by atoms with Gasteiger partial charge in [0.2, 0.25) is 0 Å². The van der Waals surface area contributed by atoms with E-state index < -0.39 is 18.0 Å². The Balaban J connectivity index is 0.00000338. The molecule has 1 atom stereocenters. The molecule has 0 aromatic carbocycles. The monoisotopic (exact) mass is 508 g/mol. The molecule has 1 fully saturated rings. The Morgan fingerprint density at radius 1 is 1.46 bits per heavy atom. The number of nitrogens with one attached hydrogen (secondary N) is 2. The first kappa shape index (κ1) is 23.4. The summed E-state index contributed by atoms with van der Waals surface area (Å²) in [5.41, 5.74) is -0.899. The molecule has 0 radical (unpaired) electrons. The lowest BCUT2D eigenvalue weighted by Crippen LogP contribution is -2.42. The average molecular weight is 508 g/mol. The minimum absolute atomic E-state index is 0. The largest absolute Gasteiger partial charge is 0.434 e. The smallest absolute Gasteiger partial charge is 0.389 e. The Hall–Kier alpha value is -0.660. The highest BCUT2D eigenvalue weighted by molar-refractivity contribution is 14.0. The Bertz CT molecular complexity index is 567. The van der Waals surface area contributed by atoms with Crippen molar-refractivity contribution in [2.45, 2.75) is 38.6 Å². The van der Waals surface area contributed by atoms with E-state index in [1.807, 2.05) is 6.92 Å². The molecule has 1 unspecified atom stereocenters. The van der Waals surface area contributed by atoms with Gasteiger partial charge in [-0.05, 0) is 25.7 Å². The molecular formula is C15H24F3IN4O2S. The van der Waals surface area contributed by atoms with Gasteiger partial charge in [0.25, 0.3) is 0 Å². The van der Waals surface area contributed by atoms with Crippen molar-refractivity contribution < 1.29 is 23.0 Å². The summed E-state index contributed by atoms with van der Waals surface area (Å²) in [6.07, 6.45) is -2.73. The minimum atomic E-state index is -4.44. The number of aliphatic hydroxyl groups excluding tert-OH is 1. The number of halogens is 4. The first-order chi connectivity index (χ1) is 11.9. The number of alkyl halides is 3. The maximum atomic E-state index is 12.5. The van der Waals surface area contributed by atoms with Gasteiger partial charge < -0.3 is 20.5 Å². The zero-order chi connectivity index (χ0) is 18.3. The molecular weight excluding hydrogens is 484 g/mol. The van der Waals surface area contributed by atoms with Crippen molar-refractivity contribution in [1.29, 1.82) is 0 Å². The van der Waals surface area contributed by atoms with Crippen LogP contribution in [-0.4, -0.2) is 48.5 Å². The number of hydrogen-bond donors (Lipinski definition) is 3. The Morgan fingerprint density at radius 2 is 2.19 bits per heavy atom. The maximum absolute atomic E-state index is 12.5. The molecule has 2 rings (SSSR count). The van der Waals surface area contributed by atoms with Crippen LogP contribution in [0.2, 0.25) is 0 Å². The molecule has 11 heteroatoms. The van der Waals surface area contributed by atoms with E-state index in [0.29, 0.717) is 25.0 Å². The third-order valence-electron chi connectivity index (χ3n) is 3.42. The Labute approximate surface area is 171 Å². The number of ether oxygens (including phenoxy) is 1. The van der Waals surface area contributed by atoms with Gasteiger partial charge in [-0.1, -0.05) is 0 Å². The van der Waals surface area contributed by atoms with Crippen molar-refractivity contribution in [2.75, 3.05) is 26.3 Å². The first-order valence-corrected chi connectivity index (χ1v) is 9.06. The molecule has 3 N–H and O–H groups in total. The summed E-state index contributed by atoms with van der Waals surface area (Å²) in [7, 11) is 0. The topological polar surface area (TPSA) is 78.8 Å². The van der Waals surface area contributed by atoms with Gasteiger partial charge in [-0.25, -0.2) is 9.98 Å². The van der Waals surface area contributed by atoms with Crippen LogP contribution in [0.15, 0.2) is 10.4 Å². The van der Waals surface area contributed by atoms with Crippen LogP contribution < -0.4 is 10.6 Å². The summed E-state index contributed by atoms with van der Waals surface area (Å²) in [6.45, 7) is 3.65. The molecule has 1 heterocycles. The molecule has 1 saturated carbocycles. The number of aromatic nitrogens is 1. The molecule has 0 spiro atoms. The fraction of sp³-hybridized carbons (Fsp3) is 0.733. The number of rotatable bonds is 9. The van der Waals surface area contributed by atoms with Crippen LogP contribution in [0.3, 0.4) is 0 Å². The maximum Gasteiger partial charge on any atom is 0.434 e. The first-order valence-electron chi connectivity index (χ1n) is 8.18. The van der Waals surface area contributed by atoms with Crippen LogP contribution in [0.25, 0.3) is 0 Å². The summed E-state index contributed by atoms with van der Waals surface area (Å²) in [5, 5.41) is 17.0. The van der Waals surface area contributed by atoms with E-state index in [0.717, 1.165) is 16.7 Å². The fourth-order valence-electron chi connectivity index (χ4n) is 1.93. The number of guanidine groups is 1. The third-order valence-corrected chi connectivity index (χ3v) is 4.26. The molecule has 0 amide bonds. The van der Waals surface area contributed by atoms with Crippen LogP contribution in [-0.2, 0) is 17.5 Å². The fourth-order valence-corrected chi connectivity index (χ4v) is 2.65. The van der Waals surface area contributed by atoms with E-state index in [9.17, 15) is 18.3 Å². The van der Waals surface area contributed by atoms with Crippen LogP contribution in [0.5, 0.6) is 0 Å². The van der Waals surface area contributed by atoms with E-state index >= 15 is 0 Å². The molecule has 1 aliphatic carbocycles. The molecule has 1 aromatic heterocycles. The van der Waals surface area contributed by atoms with Crippen molar-refractivity contribution >= 4 is 41.3 Å². The van der Waals surface area contributed by atoms with Crippen molar-refractivity contribution in [2.24, 2.45) is 10.9 Å². The van der Waals surface area contributed by atoms with Gasteiger partial charge in [0.15, 0.2) is 11.7 Å². The van der Waals surface area contributed by atoms with E-state index in [4.69, 9.17) is 4.74 Å². The lowest BCUT2D eigenvalue weighted by atomic mass is 10.4. The SMILES string of the molecule is CCNC(=NCc1nc(C(F)(F)F)cs1)NCC(O)COCC1CC1.I. The minimum Gasteiger partial charge on any atom is -0.389 e. The molecule has 0 saturated heterocycles. The zero-order valence-electron chi connectivity index (χ0n) is 14.4. The number of hydrogen-bond acceptors (Lipinski definition) is 5. The highest BCUT2D eigenvalue weighted by Crippen LogP contribution is 2.30. The zero-order valence-corrected chi connectivity index (χ0v) is 17.5. The second-order valence-electron chi connectivity index (χ2n) is 5.83. The van der Waals surface area contributed by atoms with Gasteiger partial charge in [0, 0.05) is 25.1 Å². The van der Waals surface area contributed by atoms with Gasteiger partial charge in [0.1, 0.15) is 5.01 Å². The van der Waals surface area contributed by atoms with Gasteiger partial charge >= 0.3 is 6.18 Å². The molecule has 1 aromatic rings. The van der Waals surface area contributed by atoms with Crippen LogP contribution >= 0.6 is 35.3 Å². The number of thiazole rings is 1. The number of aliphatic hydroxyl groups is 1. The highest BCUT2D eigenvalue weighted by Gasteiger charge is 2.33. The van der Waals surface area contributed by atoms with E-state index in [1.54, 1.807) is 0 Å². The third kappa shape index (κ3) is 8.82. The summed E-state index contributed by atoms with van der Waals surface area (Å²) in [4.78, 5) is 7.73. The van der Waals surface area contributed by atoms with E-state index in [-0.39, 0.29) is 48.7 Å². The van der Waals surface area contributed by atoms with Crippen molar-refractivity contribution in [1.82, 2.24) is 15.6 Å². The van der Waals surface area contributed by atoms with Crippen molar-refractivity contribution in [3.05, 3.63) is 16.1 Å². The van der Waals surface area contributed by atoms with Gasteiger partial charge in [-0.15, -0.1) is 35.3 Å². The summed E-state index contributed by atoms with van der Waals surface area (Å²) in [5.74, 6) is 1.05. The van der Waals surface area contributed by atoms with Crippen LogP contribution in [0.1, 0.15) is 30.5 Å². The van der Waals surface area contributed by atoms with Crippen LogP contribution in [0, 0.1) is 5.92 Å². The summed E-state index contributed by atoms with van der Waals surface area (Å²) in [6, 6.07) is 0. The quantitative estimate of drug-likeness (QED) is 0.272. The standard InChI is InChI=1S/C15H23F3N4O2S.HI/c1-2-19-14(20-5-11(23)8-24-7-10-3-4-10)21-6-13-22-12(9-25-13)15(16,17)18;/h9-11,23H,2-8H2,1H3,(H2,19,20,21);1H. The highest BCUT2D eigenvalue weighted by atomic mass is 127. The molecule has 6 nitrogen and oxygen atoms in total. The lowest BCUT2D eigenvalue weighted by Gasteiger charge is -2.15. The predicted molar refractivity (Wildman–Crippen MR) is 105 cm³/mol. The summed E-state index contributed by atoms with van der Waals surface area (Å²) >= 11 is 0.917. The molecule has 1 aliphatic rings. The van der Waals surface area contributed by atoms with Gasteiger partial charge in [-0.3, -0.25) is 0 Å².